The van der Waals surface area contributed by atoms with Crippen molar-refractivity contribution in [2.24, 2.45) is 0 Å². The van der Waals surface area contributed by atoms with Crippen LogP contribution in [0.15, 0.2) is 12.1 Å². The van der Waals surface area contributed by atoms with E-state index in [0.717, 1.165) is 24.0 Å². The number of carbonyl (C=O) groups is 1. The minimum Gasteiger partial charge on any atom is -0.350 e. The van der Waals surface area contributed by atoms with E-state index in [9.17, 15) is 4.79 Å². The molecular weight excluding hydrogens is 262 g/mol. The van der Waals surface area contributed by atoms with Crippen LogP contribution in [0.4, 0.5) is 0 Å². The summed E-state index contributed by atoms with van der Waals surface area (Å²) >= 11 is 0. The minimum atomic E-state index is -0.00352. The molecule has 0 bridgehead atoms. The van der Waals surface area contributed by atoms with E-state index < -0.39 is 0 Å². The normalized spacial score (nSPS) is 18.3. The van der Waals surface area contributed by atoms with Gasteiger partial charge in [0.15, 0.2) is 0 Å². The van der Waals surface area contributed by atoms with E-state index in [-0.39, 0.29) is 5.91 Å². The molecule has 21 heavy (non-hydrogen) atoms. The van der Waals surface area contributed by atoms with E-state index in [0.29, 0.717) is 18.3 Å². The Morgan fingerprint density at radius 1 is 1.29 bits per heavy atom. The lowest BCUT2D eigenvalue weighted by atomic mass is 10.0. The Kier molecular flexibility index (Phi) is 3.72. The molecule has 0 unspecified atom stereocenters. The molecule has 112 valence electrons. The van der Waals surface area contributed by atoms with E-state index >= 15 is 0 Å². The highest BCUT2D eigenvalue weighted by Gasteiger charge is 2.19. The number of benzene rings is 1. The number of nitrogens with one attached hydrogen (secondary N) is 3. The van der Waals surface area contributed by atoms with Crippen LogP contribution in [0.2, 0.25) is 0 Å². The molecule has 1 amide bonds. The molecule has 4 nitrogen and oxygen atoms in total. The second-order valence-corrected chi connectivity index (χ2v) is 6.08. The number of aryl methyl sites for hydroxylation is 3. The molecule has 1 aromatic carbocycles. The van der Waals surface area contributed by atoms with Crippen LogP contribution in [0.3, 0.4) is 0 Å². The maximum absolute atomic E-state index is 12.4. The molecule has 4 heteroatoms. The Bertz CT molecular complexity index is 681. The van der Waals surface area contributed by atoms with E-state index in [1.54, 1.807) is 0 Å². The largest absolute Gasteiger partial charge is 0.350 e. The van der Waals surface area contributed by atoms with Crippen LogP contribution in [-0.4, -0.2) is 30.0 Å². The van der Waals surface area contributed by atoms with Gasteiger partial charge in [0.2, 0.25) is 0 Å². The average Bonchev–Trinajstić information content (AvgIpc) is 3.09. The number of hydrogen-bond acceptors (Lipinski definition) is 2. The van der Waals surface area contributed by atoms with Crippen molar-refractivity contribution in [2.75, 3.05) is 13.1 Å². The number of fused-ring (bicyclic) bond motifs is 1. The van der Waals surface area contributed by atoms with Crippen LogP contribution in [0.25, 0.3) is 10.9 Å². The lowest BCUT2D eigenvalue weighted by Gasteiger charge is -2.11. The molecule has 1 fully saturated rings. The molecule has 2 aromatic rings. The van der Waals surface area contributed by atoms with Gasteiger partial charge in [0, 0.05) is 23.5 Å². The fraction of sp³-hybridized carbons (Fsp3) is 0.471. The first-order valence-electron chi connectivity index (χ1n) is 7.68. The zero-order valence-corrected chi connectivity index (χ0v) is 13.0. The van der Waals surface area contributed by atoms with Crippen LogP contribution in [0, 0.1) is 20.8 Å². The van der Waals surface area contributed by atoms with Gasteiger partial charge in [-0.3, -0.25) is 4.79 Å². The smallest absolute Gasteiger partial charge is 0.268 e. The predicted molar refractivity (Wildman–Crippen MR) is 85.9 cm³/mol. The molecular formula is C17H23N3O. The van der Waals surface area contributed by atoms with Gasteiger partial charge >= 0.3 is 0 Å². The van der Waals surface area contributed by atoms with E-state index in [1.807, 2.05) is 6.92 Å². The number of amides is 1. The topological polar surface area (TPSA) is 56.9 Å². The number of aromatic nitrogens is 1. The first-order chi connectivity index (χ1) is 10.1. The van der Waals surface area contributed by atoms with Gasteiger partial charge in [0.05, 0.1) is 0 Å². The highest BCUT2D eigenvalue weighted by Crippen LogP contribution is 2.27. The van der Waals surface area contributed by atoms with Gasteiger partial charge in [-0.25, -0.2) is 0 Å². The van der Waals surface area contributed by atoms with Gasteiger partial charge in [-0.15, -0.1) is 0 Å². The van der Waals surface area contributed by atoms with Crippen molar-refractivity contribution in [2.45, 2.75) is 39.7 Å². The highest BCUT2D eigenvalue weighted by atomic mass is 16.1. The highest BCUT2D eigenvalue weighted by molar-refractivity contribution is 6.02. The van der Waals surface area contributed by atoms with Crippen LogP contribution in [0.5, 0.6) is 0 Å². The lowest BCUT2D eigenvalue weighted by Crippen LogP contribution is -2.37. The Balaban J connectivity index is 1.86. The third-order valence-electron chi connectivity index (χ3n) is 4.52. The summed E-state index contributed by atoms with van der Waals surface area (Å²) in [6.07, 6.45) is 2.34. The Hall–Kier alpha value is -1.81. The van der Waals surface area contributed by atoms with Crippen LogP contribution in [0.1, 0.15) is 40.0 Å². The van der Waals surface area contributed by atoms with Crippen molar-refractivity contribution in [3.05, 3.63) is 34.5 Å². The maximum Gasteiger partial charge on any atom is 0.268 e. The summed E-state index contributed by atoms with van der Waals surface area (Å²) in [5, 5.41) is 7.63. The molecule has 1 saturated heterocycles. The van der Waals surface area contributed by atoms with Crippen LogP contribution < -0.4 is 10.6 Å². The SMILES string of the molecule is Cc1ccc(C)c2c(C)c(C(=O)NC[C@H]3CCCN3)[nH]c12. The standard InChI is InChI=1S/C17H23N3O/c1-10-6-7-11(2)15-14(10)12(3)16(20-15)17(21)19-9-13-5-4-8-18-13/h6-7,13,18,20H,4-5,8-9H2,1-3H3,(H,19,21)/t13-/m1/s1. The summed E-state index contributed by atoms with van der Waals surface area (Å²) in [6, 6.07) is 4.63. The molecule has 3 N–H and O–H groups in total. The van der Waals surface area contributed by atoms with E-state index in [4.69, 9.17) is 0 Å². The van der Waals surface area contributed by atoms with Crippen molar-refractivity contribution in [1.82, 2.24) is 15.6 Å². The molecule has 1 atom stereocenters. The molecule has 0 saturated carbocycles. The number of H-pyrrole nitrogens is 1. The monoisotopic (exact) mass is 285 g/mol. The van der Waals surface area contributed by atoms with E-state index in [1.165, 1.54) is 22.9 Å². The maximum atomic E-state index is 12.4. The van der Waals surface area contributed by atoms with Gasteiger partial charge < -0.3 is 15.6 Å². The average molecular weight is 285 g/mol. The quantitative estimate of drug-likeness (QED) is 0.812. The molecule has 0 spiro atoms. The lowest BCUT2D eigenvalue weighted by molar-refractivity contribution is 0.0945. The first-order valence-corrected chi connectivity index (χ1v) is 7.68. The van der Waals surface area contributed by atoms with Crippen LogP contribution in [-0.2, 0) is 0 Å². The molecule has 1 aromatic heterocycles. The summed E-state index contributed by atoms with van der Waals surface area (Å²) in [5.41, 5.74) is 5.20. The third-order valence-corrected chi connectivity index (χ3v) is 4.52. The predicted octanol–water partition coefficient (Wildman–Crippen LogP) is 2.57. The number of aromatic amines is 1. The summed E-state index contributed by atoms with van der Waals surface area (Å²) in [4.78, 5) is 15.8. The summed E-state index contributed by atoms with van der Waals surface area (Å²) in [6.45, 7) is 7.94. The van der Waals surface area contributed by atoms with Gasteiger partial charge in [-0.1, -0.05) is 12.1 Å². The molecule has 0 aliphatic carbocycles. The van der Waals surface area contributed by atoms with Gasteiger partial charge in [-0.2, -0.15) is 0 Å². The minimum absolute atomic E-state index is 0.00352. The van der Waals surface area contributed by atoms with Crippen LogP contribution >= 0.6 is 0 Å². The van der Waals surface area contributed by atoms with Crippen molar-refractivity contribution in [3.63, 3.8) is 0 Å². The van der Waals surface area contributed by atoms with Gasteiger partial charge in [0.25, 0.3) is 5.91 Å². The van der Waals surface area contributed by atoms with E-state index in [2.05, 4.69) is 41.6 Å². The molecule has 1 aliphatic rings. The Labute approximate surface area is 125 Å². The molecule has 1 aliphatic heterocycles. The Morgan fingerprint density at radius 3 is 2.71 bits per heavy atom. The summed E-state index contributed by atoms with van der Waals surface area (Å²) < 4.78 is 0. The van der Waals surface area contributed by atoms with Gasteiger partial charge in [-0.05, 0) is 56.8 Å². The number of hydrogen-bond donors (Lipinski definition) is 3. The molecule has 3 rings (SSSR count). The fourth-order valence-corrected chi connectivity index (χ4v) is 3.26. The van der Waals surface area contributed by atoms with Crippen molar-refractivity contribution in [1.29, 1.82) is 0 Å². The van der Waals surface area contributed by atoms with Crippen molar-refractivity contribution >= 4 is 16.8 Å². The number of rotatable bonds is 3. The first kappa shape index (κ1) is 14.1. The Morgan fingerprint density at radius 2 is 2.05 bits per heavy atom. The van der Waals surface area contributed by atoms with Crippen molar-refractivity contribution in [3.8, 4) is 0 Å². The molecule has 0 radical (unpaired) electrons. The zero-order valence-electron chi connectivity index (χ0n) is 13.0. The van der Waals surface area contributed by atoms with Gasteiger partial charge in [0.1, 0.15) is 5.69 Å². The zero-order chi connectivity index (χ0) is 15.0. The number of carbonyl (C=O) groups excluding carboxylic acids is 1. The second-order valence-electron chi connectivity index (χ2n) is 6.08. The summed E-state index contributed by atoms with van der Waals surface area (Å²) in [5.74, 6) is -0.00352. The third kappa shape index (κ3) is 2.56. The fourth-order valence-electron chi connectivity index (χ4n) is 3.26. The molecule has 2 heterocycles. The summed E-state index contributed by atoms with van der Waals surface area (Å²) in [7, 11) is 0. The van der Waals surface area contributed by atoms with Crippen molar-refractivity contribution < 1.29 is 4.79 Å². The second kappa shape index (κ2) is 5.53.